The summed E-state index contributed by atoms with van der Waals surface area (Å²) in [5.41, 5.74) is -1.50. The van der Waals surface area contributed by atoms with E-state index in [-0.39, 0.29) is 40.4 Å². The number of pyridine rings is 1. The summed E-state index contributed by atoms with van der Waals surface area (Å²) in [6.07, 6.45) is 0.925. The van der Waals surface area contributed by atoms with Crippen molar-refractivity contribution in [3.63, 3.8) is 0 Å². The van der Waals surface area contributed by atoms with Gasteiger partial charge in [-0.1, -0.05) is 17.7 Å². The van der Waals surface area contributed by atoms with Gasteiger partial charge in [-0.15, -0.1) is 0 Å². The summed E-state index contributed by atoms with van der Waals surface area (Å²) in [5.74, 6) is -6.51. The van der Waals surface area contributed by atoms with E-state index in [4.69, 9.17) is 11.6 Å². The number of anilines is 1. The Hall–Kier alpha value is -3.03. The quantitative estimate of drug-likeness (QED) is 0.281. The lowest BCUT2D eigenvalue weighted by Gasteiger charge is -2.59. The molecule has 1 amide bonds. The van der Waals surface area contributed by atoms with Crippen LogP contribution in [0.25, 0.3) is 0 Å². The Labute approximate surface area is 238 Å². The normalized spacial score (nSPS) is 25.2. The van der Waals surface area contributed by atoms with Crippen molar-refractivity contribution in [2.24, 2.45) is 11.8 Å². The molecule has 1 aromatic heterocycles. The van der Waals surface area contributed by atoms with Gasteiger partial charge < -0.3 is 20.6 Å². The number of amides is 1. The Morgan fingerprint density at radius 1 is 1.07 bits per heavy atom. The number of aliphatic hydroxyl groups excluding tert-OH is 2. The molecule has 4 N–H and O–H groups in total. The highest BCUT2D eigenvalue weighted by Crippen LogP contribution is 2.58. The molecule has 41 heavy (non-hydrogen) atoms. The van der Waals surface area contributed by atoms with Crippen molar-refractivity contribution in [2.75, 3.05) is 5.32 Å². The van der Waals surface area contributed by atoms with Gasteiger partial charge in [0.25, 0.3) is 5.91 Å². The highest BCUT2D eigenvalue weighted by molar-refractivity contribution is 7.92. The topological polar surface area (TPSA) is 137 Å². The van der Waals surface area contributed by atoms with E-state index in [1.54, 1.807) is 12.1 Å². The zero-order valence-electron chi connectivity index (χ0n) is 21.3. The van der Waals surface area contributed by atoms with Gasteiger partial charge in [-0.05, 0) is 55.4 Å². The van der Waals surface area contributed by atoms with Gasteiger partial charge in [0.1, 0.15) is 6.10 Å². The molecule has 6 rings (SSSR count). The molecule has 3 aliphatic carbocycles. The number of nitrogens with one attached hydrogen (secondary N) is 1. The Kier molecular flexibility index (Phi) is 7.90. The second-order valence-corrected chi connectivity index (χ2v) is 13.2. The summed E-state index contributed by atoms with van der Waals surface area (Å²) in [6.45, 7) is 0. The average Bonchev–Trinajstić information content (AvgIpc) is 2.95. The number of aromatic nitrogens is 1. The van der Waals surface area contributed by atoms with Crippen LogP contribution >= 0.6 is 11.6 Å². The molecule has 4 atom stereocenters. The predicted octanol–water partition coefficient (Wildman–Crippen LogP) is 4.19. The number of rotatable bonds is 8. The van der Waals surface area contributed by atoms with Gasteiger partial charge in [-0.3, -0.25) is 9.78 Å². The summed E-state index contributed by atoms with van der Waals surface area (Å²) < 4.78 is 67.6. The lowest BCUT2D eigenvalue weighted by molar-refractivity contribution is -0.200. The number of hydrogen-bond donors (Lipinski definition) is 4. The van der Waals surface area contributed by atoms with Gasteiger partial charge in [-0.25, -0.2) is 21.6 Å². The molecule has 2 aromatic carbocycles. The van der Waals surface area contributed by atoms with E-state index in [9.17, 15) is 41.7 Å². The van der Waals surface area contributed by atoms with Gasteiger partial charge in [0.05, 0.1) is 26.9 Å². The molecule has 3 saturated carbocycles. The smallest absolute Gasteiger partial charge is 0.255 e. The molecule has 4 unspecified atom stereocenters. The monoisotopic (exact) mass is 610 g/mol. The van der Waals surface area contributed by atoms with Gasteiger partial charge in [0.15, 0.2) is 27.3 Å². The molecule has 0 spiro atoms. The number of carbonyl (C=O) groups is 1. The molecule has 0 saturated heterocycles. The van der Waals surface area contributed by atoms with Crippen molar-refractivity contribution in [3.05, 3.63) is 88.5 Å². The minimum Gasteiger partial charge on any atom is -0.390 e. The molecule has 13 heteroatoms. The van der Waals surface area contributed by atoms with Crippen molar-refractivity contribution in [1.82, 2.24) is 4.98 Å². The number of carbonyl (C=O) groups excluding carboxylic acids is 1. The van der Waals surface area contributed by atoms with Gasteiger partial charge in [0.2, 0.25) is 0 Å². The largest absolute Gasteiger partial charge is 0.390 e. The first-order chi connectivity index (χ1) is 19.3. The van der Waals surface area contributed by atoms with E-state index in [1.165, 1.54) is 24.5 Å². The lowest BCUT2D eigenvalue weighted by atomic mass is 9.52. The molecule has 0 aliphatic heterocycles. The van der Waals surface area contributed by atoms with E-state index in [0.717, 1.165) is 6.07 Å². The second-order valence-electron chi connectivity index (χ2n) is 10.6. The first-order valence-electron chi connectivity index (χ1n) is 12.8. The van der Waals surface area contributed by atoms with Crippen LogP contribution in [0.3, 0.4) is 0 Å². The maximum absolute atomic E-state index is 13.6. The zero-order chi connectivity index (χ0) is 29.7. The maximum Gasteiger partial charge on any atom is 0.255 e. The highest BCUT2D eigenvalue weighted by atomic mass is 35.5. The molecule has 2 bridgehead atoms. The van der Waals surface area contributed by atoms with Crippen molar-refractivity contribution in [3.8, 4) is 0 Å². The Morgan fingerprint density at radius 2 is 1.73 bits per heavy atom. The maximum atomic E-state index is 13.6. The summed E-state index contributed by atoms with van der Waals surface area (Å²) in [4.78, 5) is 16.3. The molecule has 1 heterocycles. The number of nitrogens with zero attached hydrogens (tertiary/aromatic N) is 1. The third kappa shape index (κ3) is 5.46. The number of halogens is 4. The van der Waals surface area contributed by atoms with Crippen LogP contribution in [-0.4, -0.2) is 51.6 Å². The molecule has 3 aliphatic rings. The van der Waals surface area contributed by atoms with Crippen LogP contribution in [0.15, 0.2) is 59.8 Å². The van der Waals surface area contributed by atoms with E-state index in [0.29, 0.717) is 24.1 Å². The number of hydrogen-bond acceptors (Lipinski definition) is 7. The molecule has 3 aromatic rings. The van der Waals surface area contributed by atoms with Crippen LogP contribution in [-0.2, 0) is 9.84 Å². The van der Waals surface area contributed by atoms with Crippen LogP contribution < -0.4 is 5.32 Å². The third-order valence-electron chi connectivity index (χ3n) is 8.18. The Morgan fingerprint density at radius 3 is 2.34 bits per heavy atom. The Bertz CT molecular complexity index is 1560. The standard InChI is InChI=1S/C28H26ClF3N2O6S/c29-20-4-3-14(27(37)34-18-10-21(30)25(32)22(31)11-18)6-24(20)41(39,40)19-8-16-7-17(9-19)28(16,38)12-23(35)26(36)15-2-1-5-33-13-15/h1-6,10-11,13,16-17,19,23,26,35-36,38H,7-9,12H2,(H,34,37)/t16?,17?,19-,23?,26?,28-. The number of fused-ring (bicyclic) bond motifs is 2. The lowest BCUT2D eigenvalue weighted by Crippen LogP contribution is -2.63. The van der Waals surface area contributed by atoms with Crippen molar-refractivity contribution in [2.45, 2.75) is 53.6 Å². The van der Waals surface area contributed by atoms with Gasteiger partial charge >= 0.3 is 0 Å². The first kappa shape index (κ1) is 29.5. The fraction of sp³-hybridized carbons (Fsp3) is 0.357. The van der Waals surface area contributed by atoms with Crippen LogP contribution in [0.1, 0.15) is 47.7 Å². The first-order valence-corrected chi connectivity index (χ1v) is 14.7. The molecule has 3 fully saturated rings. The van der Waals surface area contributed by atoms with Crippen LogP contribution in [0.5, 0.6) is 0 Å². The molecule has 8 nitrogen and oxygen atoms in total. The summed E-state index contributed by atoms with van der Waals surface area (Å²) in [5, 5.41) is 33.6. The number of benzene rings is 2. The molecular weight excluding hydrogens is 585 g/mol. The van der Waals surface area contributed by atoms with Crippen molar-refractivity contribution in [1.29, 1.82) is 0 Å². The van der Waals surface area contributed by atoms with Gasteiger partial charge in [0, 0.05) is 47.8 Å². The van der Waals surface area contributed by atoms with Gasteiger partial charge in [-0.2, -0.15) is 0 Å². The van der Waals surface area contributed by atoms with Crippen LogP contribution in [0.2, 0.25) is 5.02 Å². The number of sulfone groups is 1. The zero-order valence-corrected chi connectivity index (χ0v) is 22.9. The Balaban J connectivity index is 1.30. The minimum absolute atomic E-state index is 0.0753. The van der Waals surface area contributed by atoms with E-state index < -0.39 is 68.1 Å². The summed E-state index contributed by atoms with van der Waals surface area (Å²) in [6, 6.07) is 7.90. The van der Waals surface area contributed by atoms with E-state index in [2.05, 4.69) is 10.3 Å². The second kappa shape index (κ2) is 11.0. The minimum atomic E-state index is -4.09. The fourth-order valence-electron chi connectivity index (χ4n) is 5.94. The van der Waals surface area contributed by atoms with Crippen molar-refractivity contribution >= 4 is 33.0 Å². The molecule has 218 valence electrons. The molecule has 0 radical (unpaired) electrons. The van der Waals surface area contributed by atoms with Crippen LogP contribution in [0.4, 0.5) is 18.9 Å². The SMILES string of the molecule is O=C(Nc1cc(F)c(F)c(F)c1)c1ccc(Cl)c(S(=O)(=O)[C@H]2CC3CC(C2)[C@]3(O)CC(O)C(O)c2cccnc2)c1. The number of aliphatic hydroxyl groups is 3. The molecular formula is C28H26ClF3N2O6S. The average molecular weight is 611 g/mol. The van der Waals surface area contributed by atoms with Crippen molar-refractivity contribution < 1.29 is 41.7 Å². The van der Waals surface area contributed by atoms with E-state index >= 15 is 0 Å². The van der Waals surface area contributed by atoms with Crippen LogP contribution in [0, 0.1) is 29.3 Å². The third-order valence-corrected chi connectivity index (χ3v) is 10.8. The highest BCUT2D eigenvalue weighted by Gasteiger charge is 2.60. The fourth-order valence-corrected chi connectivity index (χ4v) is 8.34. The summed E-state index contributed by atoms with van der Waals surface area (Å²) in [7, 11) is -4.09. The predicted molar refractivity (Wildman–Crippen MR) is 142 cm³/mol. The summed E-state index contributed by atoms with van der Waals surface area (Å²) >= 11 is 6.22. The van der Waals surface area contributed by atoms with E-state index in [1.807, 2.05) is 0 Å².